The van der Waals surface area contributed by atoms with E-state index in [1.807, 2.05) is 13.0 Å². The summed E-state index contributed by atoms with van der Waals surface area (Å²) in [6.07, 6.45) is 1.03. The van der Waals surface area contributed by atoms with Crippen LogP contribution in [0.4, 0.5) is 10.6 Å². The van der Waals surface area contributed by atoms with Gasteiger partial charge in [0.05, 0.1) is 26.6 Å². The molecule has 0 radical (unpaired) electrons. The van der Waals surface area contributed by atoms with Gasteiger partial charge in [-0.05, 0) is 42.8 Å². The van der Waals surface area contributed by atoms with Crippen molar-refractivity contribution in [3.8, 4) is 17.1 Å². The predicted molar refractivity (Wildman–Crippen MR) is 110 cm³/mol. The average Bonchev–Trinajstić information content (AvgIpc) is 3.06. The van der Waals surface area contributed by atoms with Gasteiger partial charge < -0.3 is 9.72 Å². The molecule has 4 aromatic rings. The highest BCUT2D eigenvalue weighted by Gasteiger charge is 2.14. The number of hydrogen-bond acceptors (Lipinski definition) is 4. The molecule has 0 spiro atoms. The SMILES string of the molecule is Cc1ccc(NC(=O)Oc2ccc3nc(-c4c(Cl)cccc4Cl)[nH]c3c2)nc1. The molecule has 0 fully saturated rings. The van der Waals surface area contributed by atoms with Crippen molar-refractivity contribution >= 4 is 46.1 Å². The van der Waals surface area contributed by atoms with E-state index in [1.54, 1.807) is 48.7 Å². The van der Waals surface area contributed by atoms with Crippen molar-refractivity contribution in [2.75, 3.05) is 5.32 Å². The number of nitrogens with one attached hydrogen (secondary N) is 2. The van der Waals surface area contributed by atoms with Gasteiger partial charge in [0, 0.05) is 12.3 Å². The van der Waals surface area contributed by atoms with Gasteiger partial charge in [0.2, 0.25) is 0 Å². The smallest absolute Gasteiger partial charge is 0.410 e. The first-order chi connectivity index (χ1) is 13.5. The third-order valence-corrected chi connectivity index (χ3v) is 4.63. The number of anilines is 1. The van der Waals surface area contributed by atoms with Crippen molar-refractivity contribution in [3.63, 3.8) is 0 Å². The van der Waals surface area contributed by atoms with E-state index in [-0.39, 0.29) is 0 Å². The number of H-pyrrole nitrogens is 1. The number of amides is 1. The van der Waals surface area contributed by atoms with Crippen LogP contribution >= 0.6 is 23.2 Å². The lowest BCUT2D eigenvalue weighted by Crippen LogP contribution is -2.17. The number of halogens is 2. The van der Waals surface area contributed by atoms with E-state index in [4.69, 9.17) is 27.9 Å². The predicted octanol–water partition coefficient (Wildman–Crippen LogP) is 5.85. The number of carbonyl (C=O) groups is 1. The average molecular weight is 413 g/mol. The second kappa shape index (κ2) is 7.50. The fourth-order valence-corrected chi connectivity index (χ4v) is 3.25. The van der Waals surface area contributed by atoms with E-state index < -0.39 is 6.09 Å². The summed E-state index contributed by atoms with van der Waals surface area (Å²) in [7, 11) is 0. The summed E-state index contributed by atoms with van der Waals surface area (Å²) in [5, 5.41) is 3.57. The molecule has 2 heterocycles. The molecule has 4 rings (SSSR count). The molecule has 2 aromatic carbocycles. The van der Waals surface area contributed by atoms with Crippen LogP contribution < -0.4 is 10.1 Å². The third-order valence-electron chi connectivity index (χ3n) is 4.00. The summed E-state index contributed by atoms with van der Waals surface area (Å²) < 4.78 is 5.33. The first-order valence-electron chi connectivity index (χ1n) is 8.35. The molecule has 6 nitrogen and oxygen atoms in total. The van der Waals surface area contributed by atoms with Gasteiger partial charge in [0.25, 0.3) is 0 Å². The van der Waals surface area contributed by atoms with E-state index >= 15 is 0 Å². The molecule has 0 aliphatic rings. The number of aromatic amines is 1. The Bertz CT molecular complexity index is 1150. The van der Waals surface area contributed by atoms with Gasteiger partial charge in [-0.2, -0.15) is 0 Å². The minimum Gasteiger partial charge on any atom is -0.410 e. The molecule has 0 atom stereocenters. The zero-order chi connectivity index (χ0) is 19.7. The van der Waals surface area contributed by atoms with Crippen molar-refractivity contribution in [2.24, 2.45) is 0 Å². The number of nitrogens with zero attached hydrogens (tertiary/aromatic N) is 2. The lowest BCUT2D eigenvalue weighted by molar-refractivity contribution is 0.215. The number of pyridine rings is 1. The molecule has 0 aliphatic heterocycles. The summed E-state index contributed by atoms with van der Waals surface area (Å²) >= 11 is 12.5. The second-order valence-electron chi connectivity index (χ2n) is 6.10. The quantitative estimate of drug-likeness (QED) is 0.442. The fourth-order valence-electron chi connectivity index (χ4n) is 2.67. The second-order valence-corrected chi connectivity index (χ2v) is 6.91. The molecular formula is C20H14Cl2N4O2. The molecule has 2 aromatic heterocycles. The van der Waals surface area contributed by atoms with Crippen LogP contribution in [0.1, 0.15) is 5.56 Å². The number of ether oxygens (including phenoxy) is 1. The number of rotatable bonds is 3. The minimum absolute atomic E-state index is 0.359. The number of aryl methyl sites for hydroxylation is 1. The number of benzene rings is 2. The van der Waals surface area contributed by atoms with Crippen LogP contribution in [-0.4, -0.2) is 21.0 Å². The molecule has 1 amide bonds. The Kier molecular flexibility index (Phi) is 4.90. The van der Waals surface area contributed by atoms with Crippen LogP contribution in [-0.2, 0) is 0 Å². The highest BCUT2D eigenvalue weighted by atomic mass is 35.5. The Morgan fingerprint density at radius 2 is 1.89 bits per heavy atom. The van der Waals surface area contributed by atoms with E-state index in [1.165, 1.54) is 0 Å². The van der Waals surface area contributed by atoms with Crippen LogP contribution in [0.5, 0.6) is 5.75 Å². The normalized spacial score (nSPS) is 10.8. The van der Waals surface area contributed by atoms with Crippen LogP contribution in [0.15, 0.2) is 54.7 Å². The Morgan fingerprint density at radius 1 is 1.11 bits per heavy atom. The summed E-state index contributed by atoms with van der Waals surface area (Å²) in [6, 6.07) is 13.9. The molecule has 28 heavy (non-hydrogen) atoms. The van der Waals surface area contributed by atoms with Crippen molar-refractivity contribution in [2.45, 2.75) is 6.92 Å². The summed E-state index contributed by atoms with van der Waals surface area (Å²) in [6.45, 7) is 1.92. The Labute approximate surface area is 170 Å². The molecule has 8 heteroatoms. The van der Waals surface area contributed by atoms with Crippen molar-refractivity contribution in [1.29, 1.82) is 0 Å². The Hall–Kier alpha value is -3.09. The van der Waals surface area contributed by atoms with Crippen molar-refractivity contribution < 1.29 is 9.53 Å². The molecule has 0 saturated heterocycles. The van der Waals surface area contributed by atoms with Gasteiger partial charge in [0.1, 0.15) is 17.4 Å². The number of fused-ring (bicyclic) bond motifs is 1. The van der Waals surface area contributed by atoms with Gasteiger partial charge >= 0.3 is 6.09 Å². The van der Waals surface area contributed by atoms with E-state index in [0.717, 1.165) is 5.56 Å². The largest absolute Gasteiger partial charge is 0.418 e. The highest BCUT2D eigenvalue weighted by Crippen LogP contribution is 2.34. The highest BCUT2D eigenvalue weighted by molar-refractivity contribution is 6.39. The van der Waals surface area contributed by atoms with Crippen LogP contribution in [0.25, 0.3) is 22.4 Å². The first-order valence-corrected chi connectivity index (χ1v) is 9.11. The molecule has 140 valence electrons. The van der Waals surface area contributed by atoms with Gasteiger partial charge in [-0.1, -0.05) is 35.3 Å². The van der Waals surface area contributed by atoms with Gasteiger partial charge in [0.15, 0.2) is 0 Å². The third kappa shape index (κ3) is 3.78. The van der Waals surface area contributed by atoms with E-state index in [2.05, 4.69) is 20.3 Å². The molecule has 2 N–H and O–H groups in total. The summed E-state index contributed by atoms with van der Waals surface area (Å²) in [4.78, 5) is 23.9. The number of carbonyl (C=O) groups excluding carboxylic acids is 1. The molecular weight excluding hydrogens is 399 g/mol. The van der Waals surface area contributed by atoms with Gasteiger partial charge in [-0.15, -0.1) is 0 Å². The van der Waals surface area contributed by atoms with Gasteiger partial charge in [-0.25, -0.2) is 14.8 Å². The lowest BCUT2D eigenvalue weighted by Gasteiger charge is -2.06. The number of aromatic nitrogens is 3. The monoisotopic (exact) mass is 412 g/mol. The Morgan fingerprint density at radius 3 is 2.61 bits per heavy atom. The lowest BCUT2D eigenvalue weighted by atomic mass is 10.2. The topological polar surface area (TPSA) is 79.9 Å². The zero-order valence-electron chi connectivity index (χ0n) is 14.7. The van der Waals surface area contributed by atoms with Crippen LogP contribution in [0.2, 0.25) is 10.0 Å². The van der Waals surface area contributed by atoms with Crippen LogP contribution in [0, 0.1) is 6.92 Å². The maximum absolute atomic E-state index is 12.1. The van der Waals surface area contributed by atoms with Crippen molar-refractivity contribution in [1.82, 2.24) is 15.0 Å². The molecule has 0 bridgehead atoms. The maximum atomic E-state index is 12.1. The molecule has 0 aliphatic carbocycles. The van der Waals surface area contributed by atoms with E-state index in [9.17, 15) is 4.79 Å². The summed E-state index contributed by atoms with van der Waals surface area (Å²) in [5.74, 6) is 1.31. The van der Waals surface area contributed by atoms with E-state index in [0.29, 0.717) is 44.0 Å². The maximum Gasteiger partial charge on any atom is 0.418 e. The summed E-state index contributed by atoms with van der Waals surface area (Å²) in [5.41, 5.74) is 2.99. The fraction of sp³-hybridized carbons (Fsp3) is 0.0500. The van der Waals surface area contributed by atoms with Crippen molar-refractivity contribution in [3.05, 3.63) is 70.3 Å². The van der Waals surface area contributed by atoms with Crippen LogP contribution in [0.3, 0.4) is 0 Å². The molecule has 0 saturated carbocycles. The minimum atomic E-state index is -0.635. The number of imidazole rings is 1. The van der Waals surface area contributed by atoms with Gasteiger partial charge in [-0.3, -0.25) is 5.32 Å². The number of hydrogen-bond donors (Lipinski definition) is 2. The molecule has 0 unspecified atom stereocenters. The Balaban J connectivity index is 1.56. The zero-order valence-corrected chi connectivity index (χ0v) is 16.2. The first kappa shape index (κ1) is 18.3. The standard InChI is InChI=1S/C20H14Cl2N4O2/c1-11-5-8-17(23-10-11)26-20(27)28-12-6-7-15-16(9-12)25-19(24-15)18-13(21)3-2-4-14(18)22/h2-10H,1H3,(H,24,25)(H,23,26,27).